The largest absolute Gasteiger partial charge is 0.381 e. The Balaban J connectivity index is 1.25. The number of hydrogen-bond acceptors (Lipinski definition) is 5. The average molecular weight is 398 g/mol. The molecular formula is C22H23FN2O4. The molecule has 0 radical (unpaired) electrons. The van der Waals surface area contributed by atoms with Crippen molar-refractivity contribution in [1.82, 2.24) is 10.5 Å². The number of rotatable bonds is 8. The lowest BCUT2D eigenvalue weighted by molar-refractivity contribution is -0.120. The van der Waals surface area contributed by atoms with E-state index in [4.69, 9.17) is 14.0 Å². The molecule has 7 heteroatoms. The van der Waals surface area contributed by atoms with E-state index in [0.29, 0.717) is 36.1 Å². The van der Waals surface area contributed by atoms with Gasteiger partial charge in [0.25, 0.3) is 0 Å². The van der Waals surface area contributed by atoms with E-state index in [0.717, 1.165) is 23.8 Å². The zero-order valence-corrected chi connectivity index (χ0v) is 16.0. The van der Waals surface area contributed by atoms with Crippen molar-refractivity contribution >= 4 is 16.7 Å². The molecule has 6 nitrogen and oxygen atoms in total. The summed E-state index contributed by atoms with van der Waals surface area (Å²) in [6.07, 6.45) is 1.12. The molecule has 1 amide bonds. The fourth-order valence-electron chi connectivity index (χ4n) is 3.37. The highest BCUT2D eigenvalue weighted by atomic mass is 19.1. The van der Waals surface area contributed by atoms with Gasteiger partial charge >= 0.3 is 0 Å². The van der Waals surface area contributed by atoms with Gasteiger partial charge in [-0.1, -0.05) is 29.4 Å². The van der Waals surface area contributed by atoms with Crippen LogP contribution in [0.25, 0.3) is 10.8 Å². The SMILES string of the molecule is O=C(Cc1cc(COCc2cc3ccccc3cc2F)on1)NCC1CCOC1. The van der Waals surface area contributed by atoms with Crippen LogP contribution in [-0.2, 0) is 33.9 Å². The van der Waals surface area contributed by atoms with Crippen molar-refractivity contribution in [2.75, 3.05) is 19.8 Å². The van der Waals surface area contributed by atoms with Crippen LogP contribution in [0.5, 0.6) is 0 Å². The summed E-state index contributed by atoms with van der Waals surface area (Å²) in [4.78, 5) is 12.0. The number of halogens is 1. The van der Waals surface area contributed by atoms with Crippen LogP contribution in [-0.4, -0.2) is 30.8 Å². The molecule has 2 aromatic carbocycles. The highest BCUT2D eigenvalue weighted by Crippen LogP contribution is 2.20. The highest BCUT2D eigenvalue weighted by molar-refractivity contribution is 5.83. The standard InChI is InChI=1S/C22H23FN2O4/c23-21-8-17-4-2-1-3-16(17)7-18(21)13-28-14-20-9-19(25-29-20)10-22(26)24-11-15-5-6-27-12-15/h1-4,7-9,15H,5-6,10-14H2,(H,24,26). The van der Waals surface area contributed by atoms with Gasteiger partial charge in [-0.25, -0.2) is 4.39 Å². The summed E-state index contributed by atoms with van der Waals surface area (Å²) in [6, 6.07) is 12.6. The molecule has 1 atom stereocenters. The monoisotopic (exact) mass is 398 g/mol. The Morgan fingerprint density at radius 1 is 1.21 bits per heavy atom. The van der Waals surface area contributed by atoms with Crippen LogP contribution in [0.1, 0.15) is 23.4 Å². The van der Waals surface area contributed by atoms with E-state index < -0.39 is 0 Å². The van der Waals surface area contributed by atoms with Crippen molar-refractivity contribution in [1.29, 1.82) is 0 Å². The maximum Gasteiger partial charge on any atom is 0.226 e. The predicted octanol–water partition coefficient (Wildman–Crippen LogP) is 3.38. The highest BCUT2D eigenvalue weighted by Gasteiger charge is 2.17. The normalized spacial score (nSPS) is 16.4. The lowest BCUT2D eigenvalue weighted by Gasteiger charge is -2.08. The van der Waals surface area contributed by atoms with E-state index in [-0.39, 0.29) is 31.4 Å². The molecule has 29 heavy (non-hydrogen) atoms. The zero-order valence-electron chi connectivity index (χ0n) is 16.0. The van der Waals surface area contributed by atoms with Crippen molar-refractivity contribution in [3.8, 4) is 0 Å². The number of carbonyl (C=O) groups is 1. The number of aromatic nitrogens is 1. The van der Waals surface area contributed by atoms with Gasteiger partial charge in [-0.2, -0.15) is 0 Å². The van der Waals surface area contributed by atoms with Gasteiger partial charge in [0, 0.05) is 30.7 Å². The van der Waals surface area contributed by atoms with E-state index in [1.54, 1.807) is 12.1 Å². The molecule has 1 aliphatic rings. The second kappa shape index (κ2) is 9.15. The van der Waals surface area contributed by atoms with E-state index in [1.807, 2.05) is 24.3 Å². The molecule has 1 saturated heterocycles. The smallest absolute Gasteiger partial charge is 0.226 e. The van der Waals surface area contributed by atoms with E-state index in [1.165, 1.54) is 6.07 Å². The number of nitrogens with one attached hydrogen (secondary N) is 1. The van der Waals surface area contributed by atoms with Crippen LogP contribution in [0.3, 0.4) is 0 Å². The molecule has 0 bridgehead atoms. The summed E-state index contributed by atoms with van der Waals surface area (Å²) in [5.41, 5.74) is 1.03. The minimum atomic E-state index is -0.300. The molecule has 0 spiro atoms. The number of fused-ring (bicyclic) bond motifs is 1. The van der Waals surface area contributed by atoms with Gasteiger partial charge in [0.15, 0.2) is 5.76 Å². The second-order valence-electron chi connectivity index (χ2n) is 7.28. The Morgan fingerprint density at radius 3 is 2.83 bits per heavy atom. The van der Waals surface area contributed by atoms with Crippen molar-refractivity contribution in [2.24, 2.45) is 5.92 Å². The van der Waals surface area contributed by atoms with Crippen molar-refractivity contribution in [3.05, 3.63) is 65.3 Å². The third-order valence-electron chi connectivity index (χ3n) is 4.98. The first kappa shape index (κ1) is 19.5. The molecule has 1 N–H and O–H groups in total. The van der Waals surface area contributed by atoms with E-state index >= 15 is 0 Å². The van der Waals surface area contributed by atoms with Crippen LogP contribution < -0.4 is 5.32 Å². The third-order valence-corrected chi connectivity index (χ3v) is 4.98. The Morgan fingerprint density at radius 2 is 2.03 bits per heavy atom. The maximum atomic E-state index is 14.2. The fraction of sp³-hybridized carbons (Fsp3) is 0.364. The minimum absolute atomic E-state index is 0.101. The molecule has 1 fully saturated rings. The Hall–Kier alpha value is -2.77. The number of hydrogen-bond donors (Lipinski definition) is 1. The van der Waals surface area contributed by atoms with Gasteiger partial charge in [0.2, 0.25) is 5.91 Å². The summed E-state index contributed by atoms with van der Waals surface area (Å²) in [6.45, 7) is 2.35. The number of benzene rings is 2. The van der Waals surface area contributed by atoms with Crippen molar-refractivity contribution in [3.63, 3.8) is 0 Å². The Bertz CT molecular complexity index is 982. The lowest BCUT2D eigenvalue weighted by Crippen LogP contribution is -2.30. The Kier molecular flexibility index (Phi) is 6.17. The molecule has 3 aromatic rings. The molecular weight excluding hydrogens is 375 g/mol. The number of nitrogens with zero attached hydrogens (tertiary/aromatic N) is 1. The van der Waals surface area contributed by atoms with Gasteiger partial charge in [0.05, 0.1) is 25.3 Å². The van der Waals surface area contributed by atoms with Gasteiger partial charge in [-0.05, 0) is 29.3 Å². The summed E-state index contributed by atoms with van der Waals surface area (Å²) in [7, 11) is 0. The zero-order chi connectivity index (χ0) is 20.1. The average Bonchev–Trinajstić information content (AvgIpc) is 3.39. The van der Waals surface area contributed by atoms with Crippen LogP contribution in [0, 0.1) is 11.7 Å². The van der Waals surface area contributed by atoms with Gasteiger partial charge in [0.1, 0.15) is 12.4 Å². The first-order valence-electron chi connectivity index (χ1n) is 9.71. The number of carbonyl (C=O) groups excluding carboxylic acids is 1. The summed E-state index contributed by atoms with van der Waals surface area (Å²) in [5.74, 6) is 0.483. The molecule has 0 aliphatic carbocycles. The molecule has 1 aliphatic heterocycles. The summed E-state index contributed by atoms with van der Waals surface area (Å²) in [5, 5.41) is 8.62. The van der Waals surface area contributed by atoms with Crippen LogP contribution in [0.4, 0.5) is 4.39 Å². The molecule has 4 rings (SSSR count). The molecule has 152 valence electrons. The lowest BCUT2D eigenvalue weighted by atomic mass is 10.1. The molecule has 0 saturated carbocycles. The number of amides is 1. The van der Waals surface area contributed by atoms with Gasteiger partial charge in [-0.3, -0.25) is 4.79 Å². The fourth-order valence-corrected chi connectivity index (χ4v) is 3.37. The van der Waals surface area contributed by atoms with Crippen LogP contribution >= 0.6 is 0 Å². The maximum absolute atomic E-state index is 14.2. The van der Waals surface area contributed by atoms with Gasteiger partial charge < -0.3 is 19.3 Å². The third kappa shape index (κ3) is 5.19. The number of ether oxygens (including phenoxy) is 2. The molecule has 1 aromatic heterocycles. The molecule has 2 heterocycles. The Labute approximate surface area is 168 Å². The summed E-state index contributed by atoms with van der Waals surface area (Å²) >= 11 is 0. The first-order valence-corrected chi connectivity index (χ1v) is 9.71. The quantitative estimate of drug-likeness (QED) is 0.630. The second-order valence-corrected chi connectivity index (χ2v) is 7.28. The van der Waals surface area contributed by atoms with E-state index in [2.05, 4.69) is 10.5 Å². The first-order chi connectivity index (χ1) is 14.2. The topological polar surface area (TPSA) is 73.6 Å². The predicted molar refractivity (Wildman–Crippen MR) is 105 cm³/mol. The van der Waals surface area contributed by atoms with Crippen molar-refractivity contribution in [2.45, 2.75) is 26.1 Å². The van der Waals surface area contributed by atoms with Crippen LogP contribution in [0.2, 0.25) is 0 Å². The molecule has 1 unspecified atom stereocenters. The van der Waals surface area contributed by atoms with Crippen molar-refractivity contribution < 1.29 is 23.2 Å². The minimum Gasteiger partial charge on any atom is -0.381 e. The van der Waals surface area contributed by atoms with Crippen LogP contribution in [0.15, 0.2) is 47.0 Å². The summed E-state index contributed by atoms with van der Waals surface area (Å²) < 4.78 is 30.3. The van der Waals surface area contributed by atoms with Gasteiger partial charge in [-0.15, -0.1) is 0 Å². The van der Waals surface area contributed by atoms with E-state index in [9.17, 15) is 9.18 Å².